The zero-order chi connectivity index (χ0) is 22.9. The summed E-state index contributed by atoms with van der Waals surface area (Å²) >= 11 is 3.38. The van der Waals surface area contributed by atoms with Gasteiger partial charge in [0.15, 0.2) is 11.2 Å². The third kappa shape index (κ3) is 4.97. The molecule has 1 N–H and O–H groups in total. The number of halogens is 1. The Hall–Kier alpha value is -2.44. The van der Waals surface area contributed by atoms with Gasteiger partial charge in [0.1, 0.15) is 5.58 Å². The number of fused-ring (bicyclic) bond motifs is 1. The summed E-state index contributed by atoms with van der Waals surface area (Å²) in [6, 6.07) is 15.2. The Morgan fingerprint density at radius 3 is 2.44 bits per heavy atom. The molecule has 0 saturated carbocycles. The van der Waals surface area contributed by atoms with Crippen LogP contribution in [0, 0.1) is 0 Å². The largest absolute Gasteiger partial charge is 0.451 e. The van der Waals surface area contributed by atoms with E-state index in [9.17, 15) is 9.59 Å². The average Bonchev–Trinajstić information content (AvgIpc) is 3.27. The number of carbonyl (C=O) groups excluding carboxylic acids is 1. The van der Waals surface area contributed by atoms with Crippen LogP contribution in [0.15, 0.2) is 62.2 Å². The summed E-state index contributed by atoms with van der Waals surface area (Å²) in [5, 5.41) is 3.46. The van der Waals surface area contributed by atoms with Gasteiger partial charge in [-0.2, -0.15) is 0 Å². The summed E-state index contributed by atoms with van der Waals surface area (Å²) in [7, 11) is 0. The van der Waals surface area contributed by atoms with Gasteiger partial charge in [0.05, 0.1) is 11.4 Å². The second kappa shape index (κ2) is 9.20. The second-order valence-electron chi connectivity index (χ2n) is 9.46. The molecule has 0 aliphatic carbocycles. The normalized spacial score (nSPS) is 15.8. The summed E-state index contributed by atoms with van der Waals surface area (Å²) in [5.41, 5.74) is 2.74. The fourth-order valence-electron chi connectivity index (χ4n) is 4.23. The minimum absolute atomic E-state index is 0.0313. The van der Waals surface area contributed by atoms with Crippen molar-refractivity contribution in [1.29, 1.82) is 0 Å². The van der Waals surface area contributed by atoms with Gasteiger partial charge in [0, 0.05) is 17.1 Å². The molecule has 0 spiro atoms. The number of carbonyl (C=O) groups is 1. The first kappa shape index (κ1) is 22.7. The van der Waals surface area contributed by atoms with E-state index >= 15 is 0 Å². The quantitative estimate of drug-likeness (QED) is 0.512. The molecule has 32 heavy (non-hydrogen) atoms. The van der Waals surface area contributed by atoms with Crippen LogP contribution in [0.3, 0.4) is 0 Å². The number of rotatable bonds is 5. The summed E-state index contributed by atoms with van der Waals surface area (Å²) in [6.07, 6.45) is 2.33. The van der Waals surface area contributed by atoms with E-state index in [1.807, 2.05) is 0 Å². The van der Waals surface area contributed by atoms with E-state index in [4.69, 9.17) is 4.42 Å². The Labute approximate surface area is 196 Å². The van der Waals surface area contributed by atoms with Gasteiger partial charge in [0.25, 0.3) is 5.91 Å². The minimum atomic E-state index is -0.375. The number of benzene rings is 2. The van der Waals surface area contributed by atoms with Crippen molar-refractivity contribution < 1.29 is 9.21 Å². The van der Waals surface area contributed by atoms with Gasteiger partial charge in [-0.25, -0.2) is 0 Å². The van der Waals surface area contributed by atoms with Crippen molar-refractivity contribution >= 4 is 32.8 Å². The number of hydrogen-bond donors (Lipinski definition) is 1. The highest BCUT2D eigenvalue weighted by Gasteiger charge is 2.25. The van der Waals surface area contributed by atoms with Crippen molar-refractivity contribution in [2.45, 2.75) is 45.1 Å². The van der Waals surface area contributed by atoms with Crippen molar-refractivity contribution in [3.63, 3.8) is 0 Å². The second-order valence-corrected chi connectivity index (χ2v) is 10.4. The van der Waals surface area contributed by atoms with Crippen molar-refractivity contribution in [1.82, 2.24) is 10.2 Å². The first-order valence-electron chi connectivity index (χ1n) is 11.1. The third-order valence-corrected chi connectivity index (χ3v) is 6.61. The lowest BCUT2D eigenvalue weighted by atomic mass is 9.86. The monoisotopic (exact) mass is 496 g/mol. The van der Waals surface area contributed by atoms with Crippen molar-refractivity contribution in [2.24, 2.45) is 0 Å². The Kier molecular flexibility index (Phi) is 6.54. The zero-order valence-electron chi connectivity index (χ0n) is 18.8. The van der Waals surface area contributed by atoms with Crippen LogP contribution in [-0.4, -0.2) is 30.4 Å². The summed E-state index contributed by atoms with van der Waals surface area (Å²) in [6.45, 7) is 9.09. The SMILES string of the molecule is CC(C)(C)c1ccc([C@H](CNC(=O)c2cc(=O)c3ccc(Br)cc3o2)N2CCCC2)cc1. The molecule has 1 aliphatic rings. The Balaban J connectivity index is 1.55. The first-order chi connectivity index (χ1) is 15.2. The maximum Gasteiger partial charge on any atom is 0.287 e. The van der Waals surface area contributed by atoms with E-state index in [0.29, 0.717) is 17.5 Å². The molecule has 1 atom stereocenters. The lowest BCUT2D eigenvalue weighted by Gasteiger charge is -2.29. The molecule has 1 saturated heterocycles. The van der Waals surface area contributed by atoms with E-state index in [0.717, 1.165) is 17.6 Å². The minimum Gasteiger partial charge on any atom is -0.451 e. The van der Waals surface area contributed by atoms with Crippen LogP contribution >= 0.6 is 15.9 Å². The number of nitrogens with one attached hydrogen (secondary N) is 1. The van der Waals surface area contributed by atoms with Gasteiger partial charge >= 0.3 is 0 Å². The van der Waals surface area contributed by atoms with Crippen LogP contribution in [0.5, 0.6) is 0 Å². The molecule has 2 aromatic carbocycles. The number of amides is 1. The van der Waals surface area contributed by atoms with Crippen molar-refractivity contribution in [3.8, 4) is 0 Å². The number of likely N-dealkylation sites (tertiary alicyclic amines) is 1. The molecule has 0 radical (unpaired) electrons. The Morgan fingerprint density at radius 2 is 1.78 bits per heavy atom. The summed E-state index contributed by atoms with van der Waals surface area (Å²) < 4.78 is 6.54. The zero-order valence-corrected chi connectivity index (χ0v) is 20.4. The van der Waals surface area contributed by atoms with Crippen LogP contribution in [0.1, 0.15) is 61.3 Å². The van der Waals surface area contributed by atoms with Gasteiger partial charge in [0.2, 0.25) is 0 Å². The molecule has 1 fully saturated rings. The van der Waals surface area contributed by atoms with Crippen LogP contribution in [0.25, 0.3) is 11.0 Å². The van der Waals surface area contributed by atoms with Crippen LogP contribution in [0.4, 0.5) is 0 Å². The van der Waals surface area contributed by atoms with Crippen molar-refractivity contribution in [3.05, 3.63) is 80.1 Å². The molecular weight excluding hydrogens is 468 g/mol. The number of nitrogens with zero attached hydrogens (tertiary/aromatic N) is 1. The van der Waals surface area contributed by atoms with E-state index in [2.05, 4.69) is 71.2 Å². The first-order valence-corrected chi connectivity index (χ1v) is 11.9. The molecule has 1 amide bonds. The highest BCUT2D eigenvalue weighted by atomic mass is 79.9. The maximum atomic E-state index is 12.9. The van der Waals surface area contributed by atoms with E-state index < -0.39 is 0 Å². The van der Waals surface area contributed by atoms with E-state index in [1.165, 1.54) is 30.0 Å². The lowest BCUT2D eigenvalue weighted by molar-refractivity contribution is 0.0910. The van der Waals surface area contributed by atoms with Crippen LogP contribution in [0.2, 0.25) is 0 Å². The standard InChI is InChI=1S/C26H29BrN2O3/c1-26(2,3)18-8-6-17(7-9-18)21(29-12-4-5-13-29)16-28-25(31)24-15-22(30)20-11-10-19(27)14-23(20)32-24/h6-11,14-15,21H,4-5,12-13,16H2,1-3H3,(H,28,31)/t21-/m0/s1. The van der Waals surface area contributed by atoms with Crippen LogP contribution in [-0.2, 0) is 5.41 Å². The Bertz CT molecular complexity index is 1170. The van der Waals surface area contributed by atoms with Gasteiger partial charge < -0.3 is 9.73 Å². The summed E-state index contributed by atoms with van der Waals surface area (Å²) in [5.74, 6) is -0.344. The smallest absolute Gasteiger partial charge is 0.287 e. The molecular formula is C26H29BrN2O3. The molecule has 6 heteroatoms. The molecule has 0 bridgehead atoms. The topological polar surface area (TPSA) is 62.6 Å². The molecule has 2 heterocycles. The molecule has 4 rings (SSSR count). The third-order valence-electron chi connectivity index (χ3n) is 6.11. The van der Waals surface area contributed by atoms with E-state index in [1.54, 1.807) is 18.2 Å². The van der Waals surface area contributed by atoms with Gasteiger partial charge in [-0.15, -0.1) is 0 Å². The Morgan fingerprint density at radius 1 is 1.09 bits per heavy atom. The lowest BCUT2D eigenvalue weighted by Crippen LogP contribution is -2.37. The maximum absolute atomic E-state index is 12.9. The van der Waals surface area contributed by atoms with Gasteiger partial charge in [-0.05, 0) is 60.7 Å². The fourth-order valence-corrected chi connectivity index (χ4v) is 4.57. The fraction of sp³-hybridized carbons (Fsp3) is 0.385. The van der Waals surface area contributed by atoms with E-state index in [-0.39, 0.29) is 28.6 Å². The van der Waals surface area contributed by atoms with Crippen LogP contribution < -0.4 is 10.7 Å². The highest BCUT2D eigenvalue weighted by Crippen LogP contribution is 2.28. The van der Waals surface area contributed by atoms with Gasteiger partial charge in [-0.3, -0.25) is 14.5 Å². The molecule has 1 aliphatic heterocycles. The molecule has 0 unspecified atom stereocenters. The van der Waals surface area contributed by atoms with Gasteiger partial charge in [-0.1, -0.05) is 61.0 Å². The predicted molar refractivity (Wildman–Crippen MR) is 131 cm³/mol. The average molecular weight is 497 g/mol. The molecule has 5 nitrogen and oxygen atoms in total. The number of hydrogen-bond acceptors (Lipinski definition) is 4. The predicted octanol–water partition coefficient (Wildman–Crippen LogP) is 5.42. The van der Waals surface area contributed by atoms with Crippen molar-refractivity contribution in [2.75, 3.05) is 19.6 Å². The summed E-state index contributed by atoms with van der Waals surface area (Å²) in [4.78, 5) is 27.7. The molecule has 168 valence electrons. The molecule has 1 aromatic heterocycles. The highest BCUT2D eigenvalue weighted by molar-refractivity contribution is 9.10. The molecule has 3 aromatic rings.